The summed E-state index contributed by atoms with van der Waals surface area (Å²) in [5, 5.41) is 6.27. The minimum atomic E-state index is -4.69. The summed E-state index contributed by atoms with van der Waals surface area (Å²) in [4.78, 5) is 15.6. The van der Waals surface area contributed by atoms with Gasteiger partial charge in [0.25, 0.3) is 0 Å². The van der Waals surface area contributed by atoms with Crippen molar-refractivity contribution in [3.8, 4) is 17.1 Å². The zero-order valence-electron chi connectivity index (χ0n) is 17.5. The molecule has 3 aromatic rings. The van der Waals surface area contributed by atoms with Crippen LogP contribution in [0.15, 0.2) is 65.2 Å². The maximum absolute atomic E-state index is 12.6. The number of amides is 1. The third-order valence-corrected chi connectivity index (χ3v) is 4.57. The first-order valence-corrected chi connectivity index (χ1v) is 9.90. The maximum Gasteiger partial charge on any atom is 0.471 e. The summed E-state index contributed by atoms with van der Waals surface area (Å²) in [6.45, 7) is 4.15. The van der Waals surface area contributed by atoms with E-state index in [1.807, 2.05) is 44.2 Å². The number of nitrogens with one attached hydrogen (secondary N) is 1. The summed E-state index contributed by atoms with van der Waals surface area (Å²) in [5.74, 6) is -1.19. The average molecular weight is 445 g/mol. The van der Waals surface area contributed by atoms with E-state index >= 15 is 0 Å². The van der Waals surface area contributed by atoms with Gasteiger partial charge in [-0.3, -0.25) is 4.79 Å². The maximum atomic E-state index is 12.6. The molecule has 168 valence electrons. The van der Waals surface area contributed by atoms with Gasteiger partial charge in [0, 0.05) is 11.6 Å². The lowest BCUT2D eigenvalue weighted by atomic mass is 10.1. The van der Waals surface area contributed by atoms with Gasteiger partial charge in [-0.2, -0.15) is 18.2 Å². The first kappa shape index (κ1) is 23.1. The third-order valence-electron chi connectivity index (χ3n) is 4.57. The Morgan fingerprint density at radius 3 is 2.41 bits per heavy atom. The molecule has 0 fully saturated rings. The van der Waals surface area contributed by atoms with E-state index in [2.05, 4.69) is 20.0 Å². The van der Waals surface area contributed by atoms with Crippen molar-refractivity contribution < 1.29 is 27.2 Å². The van der Waals surface area contributed by atoms with Crippen molar-refractivity contribution in [2.24, 2.45) is 5.92 Å². The molecule has 1 atom stereocenters. The first-order valence-electron chi connectivity index (χ1n) is 9.90. The van der Waals surface area contributed by atoms with Gasteiger partial charge in [-0.15, -0.1) is 0 Å². The molecule has 1 N–H and O–H groups in total. The van der Waals surface area contributed by atoms with Crippen LogP contribution in [0.5, 0.6) is 5.75 Å². The highest BCUT2D eigenvalue weighted by Gasteiger charge is 2.38. The Kier molecular flexibility index (Phi) is 7.29. The molecule has 2 aromatic carbocycles. The van der Waals surface area contributed by atoms with Crippen LogP contribution >= 0.6 is 0 Å². The van der Waals surface area contributed by atoms with Gasteiger partial charge in [-0.25, -0.2) is 0 Å². The van der Waals surface area contributed by atoms with E-state index < -0.39 is 12.1 Å². The number of benzene rings is 2. The molecule has 1 unspecified atom stereocenters. The first-order chi connectivity index (χ1) is 15.2. The second kappa shape index (κ2) is 10.1. The number of nitrogens with zero attached hydrogens (tertiary/aromatic N) is 2. The predicted octanol–water partition coefficient (Wildman–Crippen LogP) is 4.99. The van der Waals surface area contributed by atoms with Gasteiger partial charge in [0.05, 0.1) is 6.04 Å². The Hall–Kier alpha value is -3.62. The van der Waals surface area contributed by atoms with Crippen LogP contribution in [0.3, 0.4) is 0 Å². The number of carbonyl (C=O) groups excluding carboxylic acids is 1. The molecule has 0 radical (unpaired) electrons. The van der Waals surface area contributed by atoms with Gasteiger partial charge in [0.2, 0.25) is 11.7 Å². The van der Waals surface area contributed by atoms with Gasteiger partial charge < -0.3 is 14.6 Å². The Bertz CT molecular complexity index is 1050. The number of hydrogen-bond acceptors (Lipinski definition) is 5. The minimum Gasteiger partial charge on any atom is -0.491 e. The van der Waals surface area contributed by atoms with Crippen LogP contribution < -0.4 is 10.1 Å². The van der Waals surface area contributed by atoms with Crippen molar-refractivity contribution in [1.82, 2.24) is 15.5 Å². The molecule has 0 aliphatic carbocycles. The van der Waals surface area contributed by atoms with E-state index in [0.717, 1.165) is 5.56 Å². The Labute approximate surface area is 183 Å². The molecule has 1 aromatic heterocycles. The number of halogens is 3. The number of carbonyl (C=O) groups is 1. The molecule has 1 amide bonds. The summed E-state index contributed by atoms with van der Waals surface area (Å²) in [5.41, 5.74) is 1.28. The van der Waals surface area contributed by atoms with Gasteiger partial charge in [0.15, 0.2) is 0 Å². The highest BCUT2D eigenvalue weighted by Crippen LogP contribution is 2.29. The van der Waals surface area contributed by atoms with Crippen molar-refractivity contribution in [3.05, 3.63) is 72.1 Å². The number of rotatable bonds is 8. The molecule has 32 heavy (non-hydrogen) atoms. The smallest absolute Gasteiger partial charge is 0.471 e. The lowest BCUT2D eigenvalue weighted by molar-refractivity contribution is -0.159. The molecule has 0 aliphatic rings. The SMILES string of the molecule is CC(C)C(COc1ccc(-c2noc(C(F)(F)F)n2)cc1)NC(=O)/C=C/c1ccccc1. The number of hydrogen-bond donors (Lipinski definition) is 1. The van der Waals surface area contributed by atoms with Gasteiger partial charge in [-0.1, -0.05) is 49.3 Å². The molecule has 6 nitrogen and oxygen atoms in total. The van der Waals surface area contributed by atoms with E-state index in [0.29, 0.717) is 11.3 Å². The zero-order chi connectivity index (χ0) is 23.1. The molecule has 0 bridgehead atoms. The highest BCUT2D eigenvalue weighted by atomic mass is 19.4. The van der Waals surface area contributed by atoms with E-state index in [1.165, 1.54) is 18.2 Å². The lowest BCUT2D eigenvalue weighted by Gasteiger charge is -2.22. The topological polar surface area (TPSA) is 77.2 Å². The fourth-order valence-corrected chi connectivity index (χ4v) is 2.71. The molecule has 9 heteroatoms. The van der Waals surface area contributed by atoms with Crippen LogP contribution in [0.2, 0.25) is 0 Å². The van der Waals surface area contributed by atoms with E-state index in [1.54, 1.807) is 18.2 Å². The summed E-state index contributed by atoms with van der Waals surface area (Å²) in [6.07, 6.45) is -1.49. The van der Waals surface area contributed by atoms with E-state index in [-0.39, 0.29) is 30.3 Å². The second-order valence-electron chi connectivity index (χ2n) is 7.36. The van der Waals surface area contributed by atoms with Crippen LogP contribution in [0.25, 0.3) is 17.5 Å². The highest BCUT2D eigenvalue weighted by molar-refractivity contribution is 5.91. The fraction of sp³-hybridized carbons (Fsp3) is 0.261. The summed E-state index contributed by atoms with van der Waals surface area (Å²) >= 11 is 0. The van der Waals surface area contributed by atoms with Crippen LogP contribution in [0.4, 0.5) is 13.2 Å². The standard InChI is InChI=1S/C23H22F3N3O3/c1-15(2)19(27-20(30)13-8-16-6-4-3-5-7-16)14-31-18-11-9-17(10-12-18)21-28-22(32-29-21)23(24,25)26/h3-13,15,19H,14H2,1-2H3,(H,27,30)/b13-8+. The van der Waals surface area contributed by atoms with Crippen molar-refractivity contribution in [1.29, 1.82) is 0 Å². The number of aromatic nitrogens is 2. The summed E-state index contributed by atoms with van der Waals surface area (Å²) in [7, 11) is 0. The largest absolute Gasteiger partial charge is 0.491 e. The van der Waals surface area contributed by atoms with Crippen LogP contribution in [0.1, 0.15) is 25.3 Å². The number of alkyl halides is 3. The van der Waals surface area contributed by atoms with Crippen molar-refractivity contribution in [2.75, 3.05) is 6.61 Å². The molecule has 1 heterocycles. The molecular formula is C23H22F3N3O3. The van der Waals surface area contributed by atoms with Crippen LogP contribution in [-0.4, -0.2) is 28.7 Å². The Morgan fingerprint density at radius 1 is 1.12 bits per heavy atom. The fourth-order valence-electron chi connectivity index (χ4n) is 2.71. The number of ether oxygens (including phenoxy) is 1. The van der Waals surface area contributed by atoms with E-state index in [4.69, 9.17) is 4.74 Å². The molecule has 0 aliphatic heterocycles. The molecular weight excluding hydrogens is 423 g/mol. The van der Waals surface area contributed by atoms with Crippen molar-refractivity contribution in [2.45, 2.75) is 26.1 Å². The lowest BCUT2D eigenvalue weighted by Crippen LogP contribution is -2.42. The van der Waals surface area contributed by atoms with E-state index in [9.17, 15) is 18.0 Å². The Balaban J connectivity index is 1.57. The van der Waals surface area contributed by atoms with Crippen LogP contribution in [-0.2, 0) is 11.0 Å². The van der Waals surface area contributed by atoms with Gasteiger partial charge >= 0.3 is 12.1 Å². The Morgan fingerprint density at radius 2 is 1.81 bits per heavy atom. The van der Waals surface area contributed by atoms with Crippen molar-refractivity contribution >= 4 is 12.0 Å². The third kappa shape index (κ3) is 6.44. The second-order valence-corrected chi connectivity index (χ2v) is 7.36. The average Bonchev–Trinajstić information content (AvgIpc) is 3.27. The van der Waals surface area contributed by atoms with Crippen LogP contribution in [0, 0.1) is 5.92 Å². The predicted molar refractivity (Wildman–Crippen MR) is 112 cm³/mol. The normalized spacial score (nSPS) is 12.8. The monoisotopic (exact) mass is 445 g/mol. The quantitative estimate of drug-likeness (QED) is 0.495. The molecule has 0 saturated carbocycles. The summed E-state index contributed by atoms with van der Waals surface area (Å²) in [6, 6.07) is 15.5. The van der Waals surface area contributed by atoms with Gasteiger partial charge in [0.1, 0.15) is 12.4 Å². The minimum absolute atomic E-state index is 0.114. The molecule has 0 saturated heterocycles. The zero-order valence-corrected chi connectivity index (χ0v) is 17.5. The summed E-state index contributed by atoms with van der Waals surface area (Å²) < 4.78 is 47.8. The van der Waals surface area contributed by atoms with Crippen molar-refractivity contribution in [3.63, 3.8) is 0 Å². The van der Waals surface area contributed by atoms with Gasteiger partial charge in [-0.05, 0) is 41.8 Å². The molecule has 0 spiro atoms. The molecule has 3 rings (SSSR count).